The number of nitrogens with one attached hydrogen (secondary N) is 1. The lowest BCUT2D eigenvalue weighted by Crippen LogP contribution is -2.27. The summed E-state index contributed by atoms with van der Waals surface area (Å²) in [6, 6.07) is 1.77. The number of halogens is 1. The van der Waals surface area contributed by atoms with Crippen LogP contribution in [-0.4, -0.2) is 17.6 Å². The first-order valence-electron chi connectivity index (χ1n) is 3.82. The molecule has 1 unspecified atom stereocenters. The molecule has 0 saturated carbocycles. The minimum absolute atomic E-state index is 0.195. The fourth-order valence-electron chi connectivity index (χ4n) is 1.16. The van der Waals surface area contributed by atoms with Crippen LogP contribution in [0.1, 0.15) is 6.92 Å². The monoisotopic (exact) mass is 184 g/mol. The summed E-state index contributed by atoms with van der Waals surface area (Å²) >= 11 is 5.71. The van der Waals surface area contributed by atoms with Crippen LogP contribution in [0.4, 0.5) is 5.69 Å². The van der Waals surface area contributed by atoms with Crippen molar-refractivity contribution in [3.63, 3.8) is 0 Å². The minimum atomic E-state index is 0.195. The Morgan fingerprint density at radius 2 is 2.58 bits per heavy atom. The van der Waals surface area contributed by atoms with Gasteiger partial charge in [0, 0.05) is 6.07 Å². The van der Waals surface area contributed by atoms with Gasteiger partial charge in [-0.1, -0.05) is 11.6 Å². The van der Waals surface area contributed by atoms with Crippen molar-refractivity contribution in [2.45, 2.75) is 13.0 Å². The Morgan fingerprint density at radius 3 is 3.42 bits per heavy atom. The number of hydrogen-bond acceptors (Lipinski definition) is 3. The molecule has 2 heterocycles. The van der Waals surface area contributed by atoms with E-state index in [4.69, 9.17) is 16.3 Å². The van der Waals surface area contributed by atoms with Crippen LogP contribution in [0.5, 0.6) is 5.75 Å². The van der Waals surface area contributed by atoms with E-state index in [9.17, 15) is 0 Å². The fourth-order valence-corrected chi connectivity index (χ4v) is 1.32. The minimum Gasteiger partial charge on any atom is -0.485 e. The molecule has 3 nitrogen and oxygen atoms in total. The van der Waals surface area contributed by atoms with Crippen LogP contribution >= 0.6 is 11.6 Å². The average molecular weight is 185 g/mol. The maximum Gasteiger partial charge on any atom is 0.161 e. The number of fused-ring (bicyclic) bond motifs is 1. The topological polar surface area (TPSA) is 34.2 Å². The van der Waals surface area contributed by atoms with Crippen LogP contribution in [0, 0.1) is 0 Å². The Bertz CT molecular complexity index is 303. The number of aromatic nitrogens is 1. The lowest BCUT2D eigenvalue weighted by atomic mass is 10.3. The third-order valence-corrected chi connectivity index (χ3v) is 1.95. The third kappa shape index (κ3) is 1.32. The van der Waals surface area contributed by atoms with Crippen molar-refractivity contribution in [2.24, 2.45) is 0 Å². The molecule has 0 bridgehead atoms. The second kappa shape index (κ2) is 2.83. The van der Waals surface area contributed by atoms with Crippen molar-refractivity contribution in [2.75, 3.05) is 11.9 Å². The van der Waals surface area contributed by atoms with Crippen molar-refractivity contribution in [1.82, 2.24) is 4.98 Å². The van der Waals surface area contributed by atoms with Crippen LogP contribution in [0.15, 0.2) is 12.3 Å². The Labute approximate surface area is 75.7 Å². The Morgan fingerprint density at radius 1 is 1.75 bits per heavy atom. The van der Waals surface area contributed by atoms with Gasteiger partial charge in [-0.2, -0.15) is 0 Å². The first-order valence-corrected chi connectivity index (χ1v) is 4.19. The molecule has 0 spiro atoms. The number of pyridine rings is 1. The summed E-state index contributed by atoms with van der Waals surface area (Å²) in [4.78, 5) is 3.93. The van der Waals surface area contributed by atoms with Gasteiger partial charge in [0.25, 0.3) is 0 Å². The predicted octanol–water partition coefficient (Wildman–Crippen LogP) is 1.93. The molecule has 0 radical (unpaired) electrons. The molecule has 64 valence electrons. The lowest BCUT2D eigenvalue weighted by Gasteiger charge is -2.24. The van der Waals surface area contributed by atoms with Crippen LogP contribution in [-0.2, 0) is 0 Å². The van der Waals surface area contributed by atoms with Crippen molar-refractivity contribution < 1.29 is 4.74 Å². The number of rotatable bonds is 0. The molecule has 1 atom stereocenters. The number of ether oxygens (including phenoxy) is 1. The zero-order chi connectivity index (χ0) is 8.55. The molecule has 0 aromatic carbocycles. The maximum absolute atomic E-state index is 5.71. The van der Waals surface area contributed by atoms with Gasteiger partial charge in [0.2, 0.25) is 0 Å². The normalized spacial score (nSPS) is 20.7. The molecule has 0 saturated heterocycles. The van der Waals surface area contributed by atoms with Crippen LogP contribution in [0.25, 0.3) is 0 Å². The number of hydrogen-bond donors (Lipinski definition) is 1. The summed E-state index contributed by atoms with van der Waals surface area (Å²) in [6.45, 7) is 2.82. The van der Waals surface area contributed by atoms with Gasteiger partial charge in [-0.3, -0.25) is 0 Å². The van der Waals surface area contributed by atoms with Gasteiger partial charge in [-0.25, -0.2) is 4.98 Å². The van der Waals surface area contributed by atoms with E-state index < -0.39 is 0 Å². The van der Waals surface area contributed by atoms with E-state index in [1.807, 2.05) is 6.92 Å². The highest BCUT2D eigenvalue weighted by Crippen LogP contribution is 2.29. The second-order valence-electron chi connectivity index (χ2n) is 2.81. The third-order valence-electron chi connectivity index (χ3n) is 1.74. The Hall–Kier alpha value is -0.960. The van der Waals surface area contributed by atoms with Crippen LogP contribution in [0.3, 0.4) is 0 Å². The second-order valence-corrected chi connectivity index (χ2v) is 3.20. The SMILES string of the molecule is CC1CNc2cc(Cl)ncc2O1. The highest BCUT2D eigenvalue weighted by molar-refractivity contribution is 6.29. The van der Waals surface area contributed by atoms with E-state index >= 15 is 0 Å². The standard InChI is InChI=1S/C8H9ClN2O/c1-5-3-10-6-2-8(9)11-4-7(6)12-5/h2,4-5,10H,3H2,1H3. The molecule has 0 amide bonds. The summed E-state index contributed by atoms with van der Waals surface area (Å²) in [5.74, 6) is 0.776. The van der Waals surface area contributed by atoms with Gasteiger partial charge in [-0.15, -0.1) is 0 Å². The van der Waals surface area contributed by atoms with Crippen LogP contribution in [0.2, 0.25) is 5.15 Å². The molecule has 1 aliphatic rings. The summed E-state index contributed by atoms with van der Waals surface area (Å²) < 4.78 is 5.50. The molecule has 4 heteroatoms. The molecule has 0 aliphatic carbocycles. The quantitative estimate of drug-likeness (QED) is 0.626. The molecule has 1 aliphatic heterocycles. The largest absolute Gasteiger partial charge is 0.485 e. The van der Waals surface area contributed by atoms with E-state index in [-0.39, 0.29) is 6.10 Å². The summed E-state index contributed by atoms with van der Waals surface area (Å²) in [5.41, 5.74) is 0.924. The van der Waals surface area contributed by atoms with Gasteiger partial charge in [0.15, 0.2) is 5.75 Å². The first kappa shape index (κ1) is 7.68. The van der Waals surface area contributed by atoms with Gasteiger partial charge >= 0.3 is 0 Å². The van der Waals surface area contributed by atoms with E-state index in [0.29, 0.717) is 5.15 Å². The zero-order valence-electron chi connectivity index (χ0n) is 6.67. The zero-order valence-corrected chi connectivity index (χ0v) is 7.43. The average Bonchev–Trinajstić information content (AvgIpc) is 2.05. The smallest absolute Gasteiger partial charge is 0.161 e. The fraction of sp³-hybridized carbons (Fsp3) is 0.375. The van der Waals surface area contributed by atoms with E-state index in [2.05, 4.69) is 10.3 Å². The molecule has 0 fully saturated rings. The lowest BCUT2D eigenvalue weighted by molar-refractivity contribution is 0.225. The Balaban J connectivity index is 2.37. The number of anilines is 1. The van der Waals surface area contributed by atoms with Gasteiger partial charge in [0.1, 0.15) is 11.3 Å². The maximum atomic E-state index is 5.71. The van der Waals surface area contributed by atoms with Crippen molar-refractivity contribution in [3.8, 4) is 5.75 Å². The first-order chi connectivity index (χ1) is 5.75. The van der Waals surface area contributed by atoms with Gasteiger partial charge in [-0.05, 0) is 6.92 Å². The summed E-state index contributed by atoms with van der Waals surface area (Å²) in [5, 5.41) is 3.69. The van der Waals surface area contributed by atoms with Crippen molar-refractivity contribution in [1.29, 1.82) is 0 Å². The van der Waals surface area contributed by atoms with Gasteiger partial charge in [0.05, 0.1) is 18.4 Å². The highest BCUT2D eigenvalue weighted by Gasteiger charge is 2.15. The molecular formula is C8H9ClN2O. The van der Waals surface area contributed by atoms with E-state index in [0.717, 1.165) is 18.0 Å². The molecular weight excluding hydrogens is 176 g/mol. The Kier molecular flexibility index (Phi) is 1.81. The molecule has 12 heavy (non-hydrogen) atoms. The molecule has 1 aromatic heterocycles. The van der Waals surface area contributed by atoms with E-state index in [1.54, 1.807) is 12.3 Å². The molecule has 2 rings (SSSR count). The van der Waals surface area contributed by atoms with Gasteiger partial charge < -0.3 is 10.1 Å². The number of nitrogens with zero attached hydrogens (tertiary/aromatic N) is 1. The molecule has 1 N–H and O–H groups in total. The molecule has 1 aromatic rings. The summed E-state index contributed by atoms with van der Waals surface area (Å²) in [6.07, 6.45) is 1.83. The predicted molar refractivity (Wildman–Crippen MR) is 47.8 cm³/mol. The highest BCUT2D eigenvalue weighted by atomic mass is 35.5. The van der Waals surface area contributed by atoms with E-state index in [1.165, 1.54) is 0 Å². The summed E-state index contributed by atoms with van der Waals surface area (Å²) in [7, 11) is 0. The van der Waals surface area contributed by atoms with Crippen molar-refractivity contribution in [3.05, 3.63) is 17.4 Å². The van der Waals surface area contributed by atoms with Crippen LogP contribution < -0.4 is 10.1 Å². The van der Waals surface area contributed by atoms with Crippen molar-refractivity contribution >= 4 is 17.3 Å².